The number of amides is 1. The highest BCUT2D eigenvalue weighted by Gasteiger charge is 2.35. The predicted octanol–water partition coefficient (Wildman–Crippen LogP) is 3.35. The van der Waals surface area contributed by atoms with Crippen molar-refractivity contribution in [3.8, 4) is 5.75 Å². The number of hydrogen-bond donors (Lipinski definition) is 1. The summed E-state index contributed by atoms with van der Waals surface area (Å²) >= 11 is 0. The number of piperidine rings is 1. The monoisotopic (exact) mass is 402 g/mol. The molecule has 150 valence electrons. The number of carbonyl (C=O) groups is 1. The van der Waals surface area contributed by atoms with Crippen molar-refractivity contribution in [2.24, 2.45) is 5.92 Å². The van der Waals surface area contributed by atoms with Gasteiger partial charge in [0.2, 0.25) is 15.9 Å². The number of hydrogen-bond acceptors (Lipinski definition) is 4. The molecule has 1 N–H and O–H groups in total. The fraction of sp³-hybridized carbons (Fsp3) is 0.381. The van der Waals surface area contributed by atoms with E-state index in [0.717, 1.165) is 16.8 Å². The Kier molecular flexibility index (Phi) is 6.05. The van der Waals surface area contributed by atoms with Gasteiger partial charge in [0.15, 0.2) is 0 Å². The third-order valence-electron chi connectivity index (χ3n) is 5.09. The molecule has 1 heterocycles. The van der Waals surface area contributed by atoms with E-state index in [-0.39, 0.29) is 23.3 Å². The molecule has 1 aliphatic rings. The molecule has 1 saturated heterocycles. The van der Waals surface area contributed by atoms with Crippen LogP contribution < -0.4 is 10.1 Å². The first-order valence-corrected chi connectivity index (χ1v) is 10.8. The summed E-state index contributed by atoms with van der Waals surface area (Å²) in [6, 6.07) is 12.6. The van der Waals surface area contributed by atoms with Crippen molar-refractivity contribution in [2.45, 2.75) is 31.6 Å². The summed E-state index contributed by atoms with van der Waals surface area (Å²) in [5.74, 6) is -0.221. The number of methoxy groups -OCH3 is 1. The maximum absolute atomic E-state index is 13.2. The third-order valence-corrected chi connectivity index (χ3v) is 6.98. The largest absolute Gasteiger partial charge is 0.495 e. The van der Waals surface area contributed by atoms with Gasteiger partial charge in [-0.25, -0.2) is 8.42 Å². The minimum absolute atomic E-state index is 0.148. The van der Waals surface area contributed by atoms with Crippen LogP contribution >= 0.6 is 0 Å². The Hall–Kier alpha value is -2.38. The molecule has 0 aromatic heterocycles. The van der Waals surface area contributed by atoms with Crippen LogP contribution in [0.5, 0.6) is 5.75 Å². The molecule has 2 aromatic rings. The summed E-state index contributed by atoms with van der Waals surface area (Å²) < 4.78 is 33.1. The van der Waals surface area contributed by atoms with Gasteiger partial charge >= 0.3 is 0 Å². The number of para-hydroxylation sites is 1. The van der Waals surface area contributed by atoms with Crippen molar-refractivity contribution in [1.29, 1.82) is 0 Å². The van der Waals surface area contributed by atoms with Gasteiger partial charge in [-0.3, -0.25) is 4.79 Å². The van der Waals surface area contributed by atoms with Crippen molar-refractivity contribution in [3.05, 3.63) is 53.6 Å². The van der Waals surface area contributed by atoms with Gasteiger partial charge in [0, 0.05) is 18.8 Å². The van der Waals surface area contributed by atoms with Crippen LogP contribution in [0.25, 0.3) is 0 Å². The van der Waals surface area contributed by atoms with E-state index in [2.05, 4.69) is 5.32 Å². The van der Waals surface area contributed by atoms with Crippen LogP contribution in [0.1, 0.15) is 24.0 Å². The minimum atomic E-state index is -3.75. The van der Waals surface area contributed by atoms with Crippen LogP contribution in [0, 0.1) is 19.8 Å². The average Bonchev–Trinajstić information content (AvgIpc) is 2.69. The Morgan fingerprint density at radius 2 is 1.93 bits per heavy atom. The van der Waals surface area contributed by atoms with Crippen molar-refractivity contribution < 1.29 is 17.9 Å². The first-order chi connectivity index (χ1) is 13.3. The molecule has 6 nitrogen and oxygen atoms in total. The second-order valence-corrected chi connectivity index (χ2v) is 9.07. The molecule has 0 aliphatic carbocycles. The Balaban J connectivity index is 1.80. The summed E-state index contributed by atoms with van der Waals surface area (Å²) in [6.45, 7) is 4.33. The highest BCUT2D eigenvalue weighted by atomic mass is 32.2. The number of carbonyl (C=O) groups excluding carboxylic acids is 1. The van der Waals surface area contributed by atoms with E-state index in [0.29, 0.717) is 25.1 Å². The molecule has 1 aliphatic heterocycles. The zero-order valence-electron chi connectivity index (χ0n) is 16.4. The highest BCUT2D eigenvalue weighted by molar-refractivity contribution is 7.89. The second-order valence-electron chi connectivity index (χ2n) is 7.16. The van der Waals surface area contributed by atoms with Gasteiger partial charge in [0.1, 0.15) is 10.6 Å². The van der Waals surface area contributed by atoms with Gasteiger partial charge in [0.25, 0.3) is 0 Å². The first kappa shape index (κ1) is 20.4. The van der Waals surface area contributed by atoms with Crippen LogP contribution in [0.4, 0.5) is 5.69 Å². The molecule has 0 unspecified atom stereocenters. The number of aryl methyl sites for hydroxylation is 2. The first-order valence-electron chi connectivity index (χ1n) is 9.34. The summed E-state index contributed by atoms with van der Waals surface area (Å²) in [5, 5.41) is 2.94. The van der Waals surface area contributed by atoms with Gasteiger partial charge in [-0.05, 0) is 56.0 Å². The van der Waals surface area contributed by atoms with E-state index in [1.807, 2.05) is 44.2 Å². The van der Waals surface area contributed by atoms with Crippen LogP contribution in [0.2, 0.25) is 0 Å². The zero-order valence-corrected chi connectivity index (χ0v) is 17.3. The fourth-order valence-electron chi connectivity index (χ4n) is 3.45. The zero-order chi connectivity index (χ0) is 20.3. The maximum atomic E-state index is 13.2. The molecule has 1 atom stereocenters. The lowest BCUT2D eigenvalue weighted by molar-refractivity contribution is -0.120. The standard InChI is InChI=1S/C21H26N2O4S/c1-15-10-11-19(27-3)20(13-15)28(25,26)23-12-6-8-17(14-23)21(24)22-18-9-5-4-7-16(18)2/h4-5,7,9-11,13,17H,6,8,12,14H2,1-3H3,(H,22,24)/t17-/m0/s1. The Bertz CT molecular complexity index is 972. The van der Waals surface area contributed by atoms with E-state index in [1.165, 1.54) is 11.4 Å². The number of sulfonamides is 1. The van der Waals surface area contributed by atoms with Gasteiger partial charge < -0.3 is 10.1 Å². The van der Waals surface area contributed by atoms with Crippen LogP contribution in [0.3, 0.4) is 0 Å². The van der Waals surface area contributed by atoms with E-state index in [1.54, 1.807) is 12.1 Å². The predicted molar refractivity (Wildman–Crippen MR) is 109 cm³/mol. The fourth-order valence-corrected chi connectivity index (χ4v) is 5.21. The van der Waals surface area contributed by atoms with Crippen LogP contribution in [-0.4, -0.2) is 38.8 Å². The topological polar surface area (TPSA) is 75.7 Å². The Morgan fingerprint density at radius 3 is 2.64 bits per heavy atom. The number of anilines is 1. The van der Waals surface area contributed by atoms with Crippen molar-refractivity contribution in [3.63, 3.8) is 0 Å². The Morgan fingerprint density at radius 1 is 1.18 bits per heavy atom. The van der Waals surface area contributed by atoms with E-state index in [4.69, 9.17) is 4.74 Å². The minimum Gasteiger partial charge on any atom is -0.495 e. The van der Waals surface area contributed by atoms with Gasteiger partial charge in [0.05, 0.1) is 13.0 Å². The van der Waals surface area contributed by atoms with Crippen molar-refractivity contribution in [1.82, 2.24) is 4.31 Å². The maximum Gasteiger partial charge on any atom is 0.246 e. The van der Waals surface area contributed by atoms with E-state index >= 15 is 0 Å². The molecule has 0 spiro atoms. The van der Waals surface area contributed by atoms with Crippen LogP contribution in [-0.2, 0) is 14.8 Å². The molecule has 0 radical (unpaired) electrons. The quantitative estimate of drug-likeness (QED) is 0.832. The SMILES string of the molecule is COc1ccc(C)cc1S(=O)(=O)N1CCC[C@H](C(=O)Nc2ccccc2C)C1. The summed E-state index contributed by atoms with van der Waals surface area (Å²) in [5.41, 5.74) is 2.57. The smallest absolute Gasteiger partial charge is 0.246 e. The molecule has 1 fully saturated rings. The molecular weight excluding hydrogens is 376 g/mol. The lowest BCUT2D eigenvalue weighted by Gasteiger charge is -2.31. The molecule has 1 amide bonds. The average molecular weight is 403 g/mol. The van der Waals surface area contributed by atoms with Gasteiger partial charge in [-0.1, -0.05) is 24.3 Å². The van der Waals surface area contributed by atoms with Crippen molar-refractivity contribution in [2.75, 3.05) is 25.5 Å². The Labute approximate surface area is 166 Å². The van der Waals surface area contributed by atoms with E-state index in [9.17, 15) is 13.2 Å². The lowest BCUT2D eigenvalue weighted by atomic mass is 9.98. The van der Waals surface area contributed by atoms with Crippen molar-refractivity contribution >= 4 is 21.6 Å². The number of ether oxygens (including phenoxy) is 1. The highest BCUT2D eigenvalue weighted by Crippen LogP contribution is 2.31. The molecule has 2 aromatic carbocycles. The summed E-state index contributed by atoms with van der Waals surface area (Å²) in [6.07, 6.45) is 1.30. The lowest BCUT2D eigenvalue weighted by Crippen LogP contribution is -2.43. The number of rotatable bonds is 5. The molecule has 0 bridgehead atoms. The van der Waals surface area contributed by atoms with Gasteiger partial charge in [-0.2, -0.15) is 4.31 Å². The van der Waals surface area contributed by atoms with E-state index < -0.39 is 10.0 Å². The molecule has 0 saturated carbocycles. The second kappa shape index (κ2) is 8.32. The molecule has 3 rings (SSSR count). The molecule has 7 heteroatoms. The molecular formula is C21H26N2O4S. The van der Waals surface area contributed by atoms with Crippen LogP contribution in [0.15, 0.2) is 47.4 Å². The summed E-state index contributed by atoms with van der Waals surface area (Å²) in [4.78, 5) is 12.9. The third kappa shape index (κ3) is 4.20. The number of nitrogens with one attached hydrogen (secondary N) is 1. The normalized spacial score (nSPS) is 17.9. The number of benzene rings is 2. The van der Waals surface area contributed by atoms with Gasteiger partial charge in [-0.15, -0.1) is 0 Å². The molecule has 28 heavy (non-hydrogen) atoms. The summed E-state index contributed by atoms with van der Waals surface area (Å²) in [7, 11) is -2.29. The number of nitrogens with zero attached hydrogens (tertiary/aromatic N) is 1.